The lowest BCUT2D eigenvalue weighted by molar-refractivity contribution is 0.0302. The van der Waals surface area contributed by atoms with Crippen LogP contribution in [0, 0.1) is 0 Å². The van der Waals surface area contributed by atoms with Gasteiger partial charge in [-0.1, -0.05) is 11.6 Å². The maximum Gasteiger partial charge on any atom is 0.410 e. The van der Waals surface area contributed by atoms with Crippen LogP contribution in [0.25, 0.3) is 0 Å². The average Bonchev–Trinajstić information content (AvgIpc) is 3.07. The SMILES string of the molecule is CN=C(NCCN(C)C(=O)OC(C)(C)C)NC1CCN(c2ncccc2Cl)C1.I. The Kier molecular flexibility index (Phi) is 10.2. The molecule has 2 rings (SSSR count). The molecule has 29 heavy (non-hydrogen) atoms. The highest BCUT2D eigenvalue weighted by molar-refractivity contribution is 14.0. The predicted octanol–water partition coefficient (Wildman–Crippen LogP) is 2.96. The average molecular weight is 539 g/mol. The fourth-order valence-electron chi connectivity index (χ4n) is 2.84. The fourth-order valence-corrected chi connectivity index (χ4v) is 3.08. The smallest absolute Gasteiger partial charge is 0.410 e. The number of ether oxygens (including phenoxy) is 1. The van der Waals surface area contributed by atoms with Crippen LogP contribution in [-0.4, -0.2) is 73.9 Å². The number of halogens is 2. The van der Waals surface area contributed by atoms with Gasteiger partial charge in [-0.15, -0.1) is 24.0 Å². The highest BCUT2D eigenvalue weighted by atomic mass is 127. The predicted molar refractivity (Wildman–Crippen MR) is 129 cm³/mol. The van der Waals surface area contributed by atoms with Crippen molar-refractivity contribution in [1.29, 1.82) is 0 Å². The quantitative estimate of drug-likeness (QED) is 0.341. The largest absolute Gasteiger partial charge is 0.444 e. The van der Waals surface area contributed by atoms with Crippen LogP contribution in [0.3, 0.4) is 0 Å². The second-order valence-corrected chi connectivity index (χ2v) is 8.19. The molecule has 1 saturated heterocycles. The fraction of sp³-hybridized carbons (Fsp3) is 0.632. The molecule has 8 nitrogen and oxygen atoms in total. The number of amides is 1. The molecule has 1 amide bonds. The van der Waals surface area contributed by atoms with Crippen molar-refractivity contribution in [3.05, 3.63) is 23.4 Å². The molecular formula is C19H32ClIN6O2. The molecule has 1 aromatic heterocycles. The van der Waals surface area contributed by atoms with Crippen molar-refractivity contribution in [2.45, 2.75) is 38.8 Å². The number of rotatable bonds is 5. The molecule has 0 radical (unpaired) electrons. The molecule has 1 aliphatic heterocycles. The van der Waals surface area contributed by atoms with Crippen molar-refractivity contribution < 1.29 is 9.53 Å². The number of guanidine groups is 1. The number of nitrogens with zero attached hydrogens (tertiary/aromatic N) is 4. The number of carbonyl (C=O) groups is 1. The zero-order valence-corrected chi connectivity index (χ0v) is 20.8. The number of aliphatic imine (C=N–C) groups is 1. The van der Waals surface area contributed by atoms with Gasteiger partial charge < -0.3 is 25.2 Å². The van der Waals surface area contributed by atoms with E-state index in [1.807, 2.05) is 32.9 Å². The van der Waals surface area contributed by atoms with Gasteiger partial charge in [0.15, 0.2) is 5.96 Å². The maximum atomic E-state index is 12.0. The first kappa shape index (κ1) is 25.5. The van der Waals surface area contributed by atoms with Gasteiger partial charge in [0.05, 0.1) is 5.02 Å². The molecule has 0 spiro atoms. The zero-order chi connectivity index (χ0) is 20.7. The third-order valence-corrected chi connectivity index (χ3v) is 4.53. The number of carbonyl (C=O) groups excluding carboxylic acids is 1. The summed E-state index contributed by atoms with van der Waals surface area (Å²) in [7, 11) is 3.45. The molecule has 1 atom stereocenters. The number of likely N-dealkylation sites (N-methyl/N-ethyl adjacent to an activating group) is 1. The van der Waals surface area contributed by atoms with Gasteiger partial charge in [-0.25, -0.2) is 9.78 Å². The first-order valence-corrected chi connectivity index (χ1v) is 9.84. The van der Waals surface area contributed by atoms with Gasteiger partial charge >= 0.3 is 6.09 Å². The van der Waals surface area contributed by atoms with Gasteiger partial charge in [-0.2, -0.15) is 0 Å². The molecule has 10 heteroatoms. The third kappa shape index (κ3) is 8.41. The molecule has 1 unspecified atom stereocenters. The van der Waals surface area contributed by atoms with Crippen LogP contribution in [0.4, 0.5) is 10.6 Å². The van der Waals surface area contributed by atoms with Crippen LogP contribution in [-0.2, 0) is 4.74 Å². The lowest BCUT2D eigenvalue weighted by atomic mass is 10.2. The van der Waals surface area contributed by atoms with E-state index >= 15 is 0 Å². The number of hydrogen-bond donors (Lipinski definition) is 2. The molecule has 0 bridgehead atoms. The number of aromatic nitrogens is 1. The zero-order valence-electron chi connectivity index (χ0n) is 17.7. The van der Waals surface area contributed by atoms with E-state index in [1.54, 1.807) is 25.2 Å². The van der Waals surface area contributed by atoms with Crippen LogP contribution in [0.5, 0.6) is 0 Å². The van der Waals surface area contributed by atoms with E-state index in [-0.39, 0.29) is 36.1 Å². The van der Waals surface area contributed by atoms with Gasteiger partial charge in [0.25, 0.3) is 0 Å². The molecule has 0 saturated carbocycles. The molecule has 1 aliphatic rings. The van der Waals surface area contributed by atoms with Gasteiger partial charge in [-0.05, 0) is 39.3 Å². The van der Waals surface area contributed by atoms with Gasteiger partial charge in [0.1, 0.15) is 11.4 Å². The van der Waals surface area contributed by atoms with Gasteiger partial charge in [0, 0.05) is 52.5 Å². The topological polar surface area (TPSA) is 82.1 Å². The lowest BCUT2D eigenvalue weighted by Crippen LogP contribution is -2.47. The Morgan fingerprint density at radius 3 is 2.83 bits per heavy atom. The summed E-state index contributed by atoms with van der Waals surface area (Å²) >= 11 is 6.25. The minimum atomic E-state index is -0.499. The van der Waals surface area contributed by atoms with Crippen molar-refractivity contribution >= 4 is 53.4 Å². The first-order valence-electron chi connectivity index (χ1n) is 9.46. The van der Waals surface area contributed by atoms with Crippen molar-refractivity contribution in [2.75, 3.05) is 45.2 Å². The summed E-state index contributed by atoms with van der Waals surface area (Å²) in [4.78, 5) is 24.3. The molecule has 164 valence electrons. The van der Waals surface area contributed by atoms with Crippen LogP contribution in [0.1, 0.15) is 27.2 Å². The summed E-state index contributed by atoms with van der Waals surface area (Å²) in [6, 6.07) is 3.93. The second-order valence-electron chi connectivity index (χ2n) is 7.79. The van der Waals surface area contributed by atoms with E-state index in [0.717, 1.165) is 25.3 Å². The Hall–Kier alpha value is -1.49. The molecule has 1 aromatic rings. The summed E-state index contributed by atoms with van der Waals surface area (Å²) in [6.07, 6.45) is 2.38. The highest BCUT2D eigenvalue weighted by Crippen LogP contribution is 2.25. The Morgan fingerprint density at radius 1 is 1.48 bits per heavy atom. The Bertz CT molecular complexity index is 698. The number of pyridine rings is 1. The van der Waals surface area contributed by atoms with E-state index in [9.17, 15) is 4.79 Å². The standard InChI is InChI=1S/C19H31ClN6O2.HI/c1-19(2,3)28-18(27)25(5)12-10-23-17(21-4)24-14-8-11-26(13-14)16-15(20)7-6-9-22-16;/h6-7,9,14H,8,10-13H2,1-5H3,(H2,21,23,24);1H. The minimum Gasteiger partial charge on any atom is -0.444 e. The van der Waals surface area contributed by atoms with E-state index < -0.39 is 5.60 Å². The molecule has 0 aromatic carbocycles. The van der Waals surface area contributed by atoms with Crippen molar-refractivity contribution in [3.8, 4) is 0 Å². The maximum absolute atomic E-state index is 12.0. The normalized spacial score (nSPS) is 16.8. The Labute approximate surface area is 195 Å². The number of anilines is 1. The lowest BCUT2D eigenvalue weighted by Gasteiger charge is -2.25. The molecule has 2 heterocycles. The second kappa shape index (κ2) is 11.6. The Balaban J connectivity index is 0.00000420. The van der Waals surface area contributed by atoms with E-state index in [1.165, 1.54) is 0 Å². The third-order valence-electron chi connectivity index (χ3n) is 4.24. The van der Waals surface area contributed by atoms with Crippen LogP contribution in [0.15, 0.2) is 23.3 Å². The Morgan fingerprint density at radius 2 is 2.21 bits per heavy atom. The van der Waals surface area contributed by atoms with Crippen LogP contribution >= 0.6 is 35.6 Å². The van der Waals surface area contributed by atoms with Gasteiger partial charge in [-0.3, -0.25) is 4.99 Å². The number of nitrogens with one attached hydrogen (secondary N) is 2. The van der Waals surface area contributed by atoms with Crippen molar-refractivity contribution in [2.24, 2.45) is 4.99 Å². The highest BCUT2D eigenvalue weighted by Gasteiger charge is 2.25. The van der Waals surface area contributed by atoms with E-state index in [4.69, 9.17) is 16.3 Å². The molecular weight excluding hydrogens is 507 g/mol. The van der Waals surface area contributed by atoms with Crippen molar-refractivity contribution in [3.63, 3.8) is 0 Å². The van der Waals surface area contributed by atoms with E-state index in [0.29, 0.717) is 24.1 Å². The number of hydrogen-bond acceptors (Lipinski definition) is 5. The summed E-state index contributed by atoms with van der Waals surface area (Å²) in [5, 5.41) is 7.32. The summed E-state index contributed by atoms with van der Waals surface area (Å²) in [5.41, 5.74) is -0.499. The summed E-state index contributed by atoms with van der Waals surface area (Å²) in [5.74, 6) is 1.52. The minimum absolute atomic E-state index is 0. The molecule has 2 N–H and O–H groups in total. The van der Waals surface area contributed by atoms with E-state index in [2.05, 4.69) is 25.5 Å². The monoisotopic (exact) mass is 538 g/mol. The first-order chi connectivity index (χ1) is 13.2. The van der Waals surface area contributed by atoms with Crippen molar-refractivity contribution in [1.82, 2.24) is 20.5 Å². The van der Waals surface area contributed by atoms with Crippen LogP contribution in [0.2, 0.25) is 5.02 Å². The molecule has 1 fully saturated rings. The molecule has 0 aliphatic carbocycles. The summed E-state index contributed by atoms with van der Waals surface area (Å²) in [6.45, 7) is 8.32. The van der Waals surface area contributed by atoms with Crippen LogP contribution < -0.4 is 15.5 Å². The van der Waals surface area contributed by atoms with Gasteiger partial charge in [0.2, 0.25) is 0 Å². The summed E-state index contributed by atoms with van der Waals surface area (Å²) < 4.78 is 5.35.